The SMILES string of the molecule is COc1ccc(CN2C(=O)CCN(c3cnc4cc(N5CCN(C(C)(C)C)CC5)ccn34)C2=O)cc1. The number of methoxy groups -OCH3 is 1. The molecule has 2 aliphatic heterocycles. The van der Waals surface area contributed by atoms with Crippen LogP contribution in [0, 0.1) is 0 Å². The Morgan fingerprint density at radius 1 is 0.972 bits per heavy atom. The van der Waals surface area contributed by atoms with Gasteiger partial charge in [0.05, 0.1) is 19.9 Å². The van der Waals surface area contributed by atoms with Crippen LogP contribution in [-0.2, 0) is 11.3 Å². The molecular formula is C27H34N6O3. The van der Waals surface area contributed by atoms with E-state index in [1.807, 2.05) is 34.9 Å². The second kappa shape index (κ2) is 9.46. The third-order valence-corrected chi connectivity index (χ3v) is 7.16. The topological polar surface area (TPSA) is 73.6 Å². The molecule has 1 aromatic carbocycles. The standard InChI is InChI=1S/C27H34N6O3/c1-27(2,3)30-15-13-29(14-16-30)21-9-11-31-23(17-21)28-18-24(31)32-12-10-25(34)33(26(32)35)19-20-5-7-22(36-4)8-6-20/h5-9,11,17-18H,10,12-16,19H2,1-4H3. The molecule has 0 bridgehead atoms. The lowest BCUT2D eigenvalue weighted by atomic mass is 10.0. The van der Waals surface area contributed by atoms with E-state index >= 15 is 0 Å². The van der Waals surface area contributed by atoms with Gasteiger partial charge >= 0.3 is 6.03 Å². The van der Waals surface area contributed by atoms with Crippen LogP contribution in [0.1, 0.15) is 32.8 Å². The number of imide groups is 1. The fourth-order valence-corrected chi connectivity index (χ4v) is 4.96. The van der Waals surface area contributed by atoms with Gasteiger partial charge in [0, 0.05) is 62.6 Å². The summed E-state index contributed by atoms with van der Waals surface area (Å²) in [5.41, 5.74) is 2.97. The molecule has 2 fully saturated rings. The maximum absolute atomic E-state index is 13.4. The summed E-state index contributed by atoms with van der Waals surface area (Å²) in [6.07, 6.45) is 3.96. The average Bonchev–Trinajstić information content (AvgIpc) is 3.29. The van der Waals surface area contributed by atoms with Crippen LogP contribution in [0.2, 0.25) is 0 Å². The lowest BCUT2D eigenvalue weighted by molar-refractivity contribution is -0.129. The summed E-state index contributed by atoms with van der Waals surface area (Å²) in [7, 11) is 1.61. The van der Waals surface area contributed by atoms with Gasteiger partial charge in [-0.05, 0) is 44.5 Å². The van der Waals surface area contributed by atoms with E-state index in [0.29, 0.717) is 12.4 Å². The minimum absolute atomic E-state index is 0.169. The number of benzene rings is 1. The summed E-state index contributed by atoms with van der Waals surface area (Å²) in [5.74, 6) is 1.24. The minimum atomic E-state index is -0.328. The van der Waals surface area contributed by atoms with Crippen LogP contribution >= 0.6 is 0 Å². The van der Waals surface area contributed by atoms with Gasteiger partial charge in [0.25, 0.3) is 0 Å². The molecule has 0 atom stereocenters. The van der Waals surface area contributed by atoms with Crippen molar-refractivity contribution < 1.29 is 14.3 Å². The van der Waals surface area contributed by atoms with Crippen LogP contribution in [-0.4, -0.2) is 76.5 Å². The molecule has 0 saturated carbocycles. The number of carbonyl (C=O) groups is 2. The van der Waals surface area contributed by atoms with Crippen molar-refractivity contribution in [3.8, 4) is 5.75 Å². The quantitative estimate of drug-likeness (QED) is 0.544. The zero-order valence-electron chi connectivity index (χ0n) is 21.5. The second-order valence-corrected chi connectivity index (χ2v) is 10.4. The van der Waals surface area contributed by atoms with E-state index in [0.717, 1.165) is 48.8 Å². The van der Waals surface area contributed by atoms with Gasteiger partial charge in [0.2, 0.25) is 5.91 Å². The van der Waals surface area contributed by atoms with E-state index in [9.17, 15) is 9.59 Å². The van der Waals surface area contributed by atoms with Gasteiger partial charge in [0.15, 0.2) is 0 Å². The zero-order chi connectivity index (χ0) is 25.4. The fraction of sp³-hybridized carbons (Fsp3) is 0.444. The minimum Gasteiger partial charge on any atom is -0.497 e. The fourth-order valence-electron chi connectivity index (χ4n) is 4.96. The van der Waals surface area contributed by atoms with E-state index in [1.165, 1.54) is 4.90 Å². The number of imidazole rings is 1. The molecule has 190 valence electrons. The van der Waals surface area contributed by atoms with E-state index in [-0.39, 0.29) is 30.4 Å². The highest BCUT2D eigenvalue weighted by molar-refractivity contribution is 6.05. The van der Waals surface area contributed by atoms with Crippen LogP contribution in [0.5, 0.6) is 5.75 Å². The van der Waals surface area contributed by atoms with Crippen molar-refractivity contribution >= 4 is 29.1 Å². The Morgan fingerprint density at radius 2 is 1.69 bits per heavy atom. The molecule has 0 spiro atoms. The van der Waals surface area contributed by atoms with Gasteiger partial charge < -0.3 is 9.64 Å². The second-order valence-electron chi connectivity index (χ2n) is 10.4. The molecule has 0 radical (unpaired) electrons. The maximum atomic E-state index is 13.4. The van der Waals surface area contributed by atoms with Gasteiger partial charge in [-0.25, -0.2) is 9.78 Å². The van der Waals surface area contributed by atoms with Crippen LogP contribution in [0.4, 0.5) is 16.3 Å². The Bertz CT molecular complexity index is 1250. The third-order valence-electron chi connectivity index (χ3n) is 7.16. The Hall–Kier alpha value is -3.59. The molecule has 0 N–H and O–H groups in total. The Balaban J connectivity index is 1.33. The van der Waals surface area contributed by atoms with Crippen molar-refractivity contribution in [2.45, 2.75) is 39.3 Å². The van der Waals surface area contributed by atoms with Crippen LogP contribution in [0.25, 0.3) is 5.65 Å². The number of nitrogens with zero attached hydrogens (tertiary/aromatic N) is 6. The number of ether oxygens (including phenoxy) is 1. The number of pyridine rings is 1. The highest BCUT2D eigenvalue weighted by atomic mass is 16.5. The molecule has 4 heterocycles. The number of piperazine rings is 1. The van der Waals surface area contributed by atoms with Crippen LogP contribution in [0.15, 0.2) is 48.8 Å². The largest absolute Gasteiger partial charge is 0.497 e. The number of anilines is 2. The number of fused-ring (bicyclic) bond motifs is 1. The molecule has 9 nitrogen and oxygen atoms in total. The molecule has 3 aromatic rings. The third kappa shape index (κ3) is 4.63. The molecule has 2 aliphatic rings. The van der Waals surface area contributed by atoms with Crippen molar-refractivity contribution in [2.75, 3.05) is 49.6 Å². The van der Waals surface area contributed by atoms with Crippen molar-refractivity contribution in [2.24, 2.45) is 0 Å². The highest BCUT2D eigenvalue weighted by Gasteiger charge is 2.34. The Morgan fingerprint density at radius 3 is 2.36 bits per heavy atom. The van der Waals surface area contributed by atoms with Gasteiger partial charge in [-0.1, -0.05) is 12.1 Å². The van der Waals surface area contributed by atoms with Crippen LogP contribution < -0.4 is 14.5 Å². The number of amides is 3. The zero-order valence-corrected chi connectivity index (χ0v) is 21.5. The number of aromatic nitrogens is 2. The van der Waals surface area contributed by atoms with E-state index in [2.05, 4.69) is 47.7 Å². The first kappa shape index (κ1) is 24.1. The molecule has 0 unspecified atom stereocenters. The molecule has 2 saturated heterocycles. The molecule has 2 aromatic heterocycles. The molecule has 5 rings (SSSR count). The Labute approximate surface area is 211 Å². The summed E-state index contributed by atoms with van der Waals surface area (Å²) >= 11 is 0. The van der Waals surface area contributed by atoms with Crippen molar-refractivity contribution in [3.63, 3.8) is 0 Å². The number of hydrogen-bond acceptors (Lipinski definition) is 6. The first-order valence-electron chi connectivity index (χ1n) is 12.5. The predicted octanol–water partition coefficient (Wildman–Crippen LogP) is 3.62. The first-order chi connectivity index (χ1) is 17.2. The number of carbonyl (C=O) groups excluding carboxylic acids is 2. The summed E-state index contributed by atoms with van der Waals surface area (Å²) < 4.78 is 7.13. The van der Waals surface area contributed by atoms with E-state index < -0.39 is 0 Å². The highest BCUT2D eigenvalue weighted by Crippen LogP contribution is 2.27. The van der Waals surface area contributed by atoms with Gasteiger partial charge in [0.1, 0.15) is 17.2 Å². The van der Waals surface area contributed by atoms with Gasteiger partial charge in [-0.2, -0.15) is 0 Å². The molecular weight excluding hydrogens is 456 g/mol. The number of rotatable bonds is 5. The monoisotopic (exact) mass is 490 g/mol. The molecule has 36 heavy (non-hydrogen) atoms. The van der Waals surface area contributed by atoms with Gasteiger partial charge in [-0.3, -0.25) is 23.9 Å². The van der Waals surface area contributed by atoms with Gasteiger partial charge in [-0.15, -0.1) is 0 Å². The van der Waals surface area contributed by atoms with Crippen molar-refractivity contribution in [1.82, 2.24) is 19.2 Å². The van der Waals surface area contributed by atoms with Crippen molar-refractivity contribution in [1.29, 1.82) is 0 Å². The first-order valence-corrected chi connectivity index (χ1v) is 12.5. The van der Waals surface area contributed by atoms with Crippen LogP contribution in [0.3, 0.4) is 0 Å². The predicted molar refractivity (Wildman–Crippen MR) is 140 cm³/mol. The lowest BCUT2D eigenvalue weighted by Gasteiger charge is -2.43. The lowest BCUT2D eigenvalue weighted by Crippen LogP contribution is -2.53. The average molecular weight is 491 g/mol. The molecule has 3 amide bonds. The summed E-state index contributed by atoms with van der Waals surface area (Å²) in [4.78, 5) is 38.5. The maximum Gasteiger partial charge on any atom is 0.332 e. The summed E-state index contributed by atoms with van der Waals surface area (Å²) in [6, 6.07) is 11.2. The molecule has 0 aliphatic carbocycles. The Kier molecular flexibility index (Phi) is 6.34. The summed E-state index contributed by atoms with van der Waals surface area (Å²) in [6.45, 7) is 11.3. The molecule has 9 heteroatoms. The summed E-state index contributed by atoms with van der Waals surface area (Å²) in [5, 5.41) is 0. The van der Waals surface area contributed by atoms with E-state index in [1.54, 1.807) is 18.2 Å². The number of urea groups is 1. The van der Waals surface area contributed by atoms with Crippen molar-refractivity contribution in [3.05, 3.63) is 54.4 Å². The normalized spacial score (nSPS) is 17.8. The smallest absolute Gasteiger partial charge is 0.332 e. The number of hydrogen-bond donors (Lipinski definition) is 0. The van der Waals surface area contributed by atoms with E-state index in [4.69, 9.17) is 4.74 Å².